The summed E-state index contributed by atoms with van der Waals surface area (Å²) in [5.41, 5.74) is 6.19. The van der Waals surface area contributed by atoms with Crippen LogP contribution in [0.1, 0.15) is 32.5 Å². The van der Waals surface area contributed by atoms with Crippen LogP contribution < -0.4 is 10.6 Å². The Morgan fingerprint density at radius 1 is 1.29 bits per heavy atom. The second-order valence-corrected chi connectivity index (χ2v) is 5.22. The Kier molecular flexibility index (Phi) is 5.69. The Morgan fingerprint density at radius 3 is 2.38 bits per heavy atom. The van der Waals surface area contributed by atoms with Crippen molar-refractivity contribution in [3.05, 3.63) is 41.8 Å². The standard InChI is InChI=1S/C14H19FN4O.ClH/c1-4-19(11-7-5-10(15)6-8-11)9-12-17-13(18-20-12)14(2,3)16;/h5-8H,4,9,16H2,1-3H3;1H. The zero-order valence-corrected chi connectivity index (χ0v) is 13.2. The van der Waals surface area contributed by atoms with Gasteiger partial charge in [-0.25, -0.2) is 4.39 Å². The summed E-state index contributed by atoms with van der Waals surface area (Å²) in [5, 5.41) is 3.88. The maximum absolute atomic E-state index is 12.9. The number of hydrogen-bond acceptors (Lipinski definition) is 5. The molecule has 0 unspecified atom stereocenters. The molecule has 1 aromatic carbocycles. The fourth-order valence-electron chi connectivity index (χ4n) is 1.78. The molecular weight excluding hydrogens is 295 g/mol. The Labute approximate surface area is 129 Å². The van der Waals surface area contributed by atoms with E-state index in [-0.39, 0.29) is 18.2 Å². The van der Waals surface area contributed by atoms with E-state index in [1.807, 2.05) is 25.7 Å². The normalized spacial score (nSPS) is 11.1. The Balaban J connectivity index is 0.00000220. The molecule has 1 aromatic heterocycles. The molecule has 2 N–H and O–H groups in total. The zero-order chi connectivity index (χ0) is 14.8. The molecule has 0 radical (unpaired) electrons. The summed E-state index contributed by atoms with van der Waals surface area (Å²) >= 11 is 0. The topological polar surface area (TPSA) is 68.2 Å². The quantitative estimate of drug-likeness (QED) is 0.919. The number of aromatic nitrogens is 2. The lowest BCUT2D eigenvalue weighted by molar-refractivity contribution is 0.359. The predicted octanol–water partition coefficient (Wildman–Crippen LogP) is 2.85. The van der Waals surface area contributed by atoms with Crippen molar-refractivity contribution in [1.29, 1.82) is 0 Å². The van der Waals surface area contributed by atoms with Gasteiger partial charge < -0.3 is 15.2 Å². The summed E-state index contributed by atoms with van der Waals surface area (Å²) in [4.78, 5) is 6.31. The third-order valence-electron chi connectivity index (χ3n) is 2.94. The molecule has 0 aliphatic carbocycles. The van der Waals surface area contributed by atoms with E-state index in [0.29, 0.717) is 18.3 Å². The van der Waals surface area contributed by atoms with E-state index in [0.717, 1.165) is 12.2 Å². The van der Waals surface area contributed by atoms with E-state index in [9.17, 15) is 4.39 Å². The lowest BCUT2D eigenvalue weighted by Gasteiger charge is -2.20. The van der Waals surface area contributed by atoms with Crippen LogP contribution in [-0.4, -0.2) is 16.7 Å². The Bertz CT molecular complexity index is 565. The molecule has 0 fully saturated rings. The van der Waals surface area contributed by atoms with Crippen molar-refractivity contribution >= 4 is 18.1 Å². The van der Waals surface area contributed by atoms with E-state index in [2.05, 4.69) is 10.1 Å². The third kappa shape index (κ3) is 4.41. The molecule has 0 amide bonds. The van der Waals surface area contributed by atoms with E-state index in [4.69, 9.17) is 10.3 Å². The van der Waals surface area contributed by atoms with Crippen LogP contribution in [0.3, 0.4) is 0 Å². The number of rotatable bonds is 5. The summed E-state index contributed by atoms with van der Waals surface area (Å²) < 4.78 is 18.2. The molecule has 0 aliphatic rings. The van der Waals surface area contributed by atoms with Gasteiger partial charge in [0.05, 0.1) is 12.1 Å². The maximum atomic E-state index is 12.9. The van der Waals surface area contributed by atoms with Crippen LogP contribution in [0, 0.1) is 5.82 Å². The molecular formula is C14H20ClFN4O. The number of benzene rings is 1. The fraction of sp³-hybridized carbons (Fsp3) is 0.429. The second-order valence-electron chi connectivity index (χ2n) is 5.22. The lowest BCUT2D eigenvalue weighted by atomic mass is 10.1. The van der Waals surface area contributed by atoms with Gasteiger partial charge in [-0.05, 0) is 45.0 Å². The van der Waals surface area contributed by atoms with Gasteiger partial charge >= 0.3 is 0 Å². The number of anilines is 1. The highest BCUT2D eigenvalue weighted by atomic mass is 35.5. The first-order chi connectivity index (χ1) is 9.40. The van der Waals surface area contributed by atoms with E-state index >= 15 is 0 Å². The molecule has 0 saturated carbocycles. The number of hydrogen-bond donors (Lipinski definition) is 1. The van der Waals surface area contributed by atoms with Crippen LogP contribution in [0.4, 0.5) is 10.1 Å². The van der Waals surface area contributed by atoms with Crippen molar-refractivity contribution in [2.45, 2.75) is 32.9 Å². The van der Waals surface area contributed by atoms with Crippen molar-refractivity contribution in [3.63, 3.8) is 0 Å². The molecule has 116 valence electrons. The second kappa shape index (κ2) is 6.87. The SMILES string of the molecule is CCN(Cc1nc(C(C)(C)N)no1)c1ccc(F)cc1.Cl. The molecule has 21 heavy (non-hydrogen) atoms. The summed E-state index contributed by atoms with van der Waals surface area (Å²) in [5.74, 6) is 0.710. The highest BCUT2D eigenvalue weighted by molar-refractivity contribution is 5.85. The monoisotopic (exact) mass is 314 g/mol. The van der Waals surface area contributed by atoms with Crippen molar-refractivity contribution in [1.82, 2.24) is 10.1 Å². The summed E-state index contributed by atoms with van der Waals surface area (Å²) in [7, 11) is 0. The van der Waals surface area contributed by atoms with Gasteiger partial charge in [0.15, 0.2) is 5.82 Å². The first-order valence-electron chi connectivity index (χ1n) is 6.52. The van der Waals surface area contributed by atoms with Gasteiger partial charge in [0.1, 0.15) is 5.82 Å². The summed E-state index contributed by atoms with van der Waals surface area (Å²) in [6.45, 7) is 6.85. The lowest BCUT2D eigenvalue weighted by Crippen LogP contribution is -2.30. The third-order valence-corrected chi connectivity index (χ3v) is 2.94. The highest BCUT2D eigenvalue weighted by Gasteiger charge is 2.22. The highest BCUT2D eigenvalue weighted by Crippen LogP contribution is 2.18. The van der Waals surface area contributed by atoms with Crippen molar-refractivity contribution < 1.29 is 8.91 Å². The van der Waals surface area contributed by atoms with Gasteiger partial charge in [0, 0.05) is 12.2 Å². The van der Waals surface area contributed by atoms with Gasteiger partial charge in [-0.2, -0.15) is 4.98 Å². The van der Waals surface area contributed by atoms with Crippen molar-refractivity contribution in [2.75, 3.05) is 11.4 Å². The number of halogens is 2. The van der Waals surface area contributed by atoms with Crippen LogP contribution in [-0.2, 0) is 12.1 Å². The molecule has 2 aromatic rings. The molecule has 5 nitrogen and oxygen atoms in total. The molecule has 1 heterocycles. The van der Waals surface area contributed by atoms with Gasteiger partial charge in [0.2, 0.25) is 5.89 Å². The van der Waals surface area contributed by atoms with Gasteiger partial charge in [-0.15, -0.1) is 12.4 Å². The molecule has 0 bridgehead atoms. The first kappa shape index (κ1) is 17.4. The average Bonchev–Trinajstić information content (AvgIpc) is 2.85. The summed E-state index contributed by atoms with van der Waals surface area (Å²) in [6, 6.07) is 6.31. The molecule has 2 rings (SSSR count). The maximum Gasteiger partial charge on any atom is 0.246 e. The Morgan fingerprint density at radius 2 is 1.90 bits per heavy atom. The van der Waals surface area contributed by atoms with Crippen LogP contribution >= 0.6 is 12.4 Å². The van der Waals surface area contributed by atoms with Crippen molar-refractivity contribution in [3.8, 4) is 0 Å². The van der Waals surface area contributed by atoms with Crippen LogP contribution in [0.15, 0.2) is 28.8 Å². The van der Waals surface area contributed by atoms with E-state index < -0.39 is 5.54 Å². The van der Waals surface area contributed by atoms with Gasteiger partial charge in [0.25, 0.3) is 0 Å². The molecule has 7 heteroatoms. The van der Waals surface area contributed by atoms with Crippen LogP contribution in [0.2, 0.25) is 0 Å². The molecule has 0 spiro atoms. The minimum absolute atomic E-state index is 0. The van der Waals surface area contributed by atoms with Crippen LogP contribution in [0.5, 0.6) is 0 Å². The van der Waals surface area contributed by atoms with Gasteiger partial charge in [-0.1, -0.05) is 5.16 Å². The zero-order valence-electron chi connectivity index (χ0n) is 12.3. The van der Waals surface area contributed by atoms with Gasteiger partial charge in [-0.3, -0.25) is 0 Å². The Hall–Kier alpha value is -1.66. The number of nitrogens with two attached hydrogens (primary N) is 1. The molecule has 0 aliphatic heterocycles. The fourth-order valence-corrected chi connectivity index (χ4v) is 1.78. The van der Waals surface area contributed by atoms with Crippen molar-refractivity contribution in [2.24, 2.45) is 5.73 Å². The average molecular weight is 315 g/mol. The largest absolute Gasteiger partial charge is 0.362 e. The number of nitrogens with zero attached hydrogens (tertiary/aromatic N) is 3. The molecule has 0 saturated heterocycles. The molecule has 0 atom stereocenters. The van der Waals surface area contributed by atoms with Crippen LogP contribution in [0.25, 0.3) is 0 Å². The van der Waals surface area contributed by atoms with E-state index in [1.54, 1.807) is 12.1 Å². The minimum atomic E-state index is -0.630. The van der Waals surface area contributed by atoms with E-state index in [1.165, 1.54) is 12.1 Å². The predicted molar refractivity (Wildman–Crippen MR) is 81.9 cm³/mol. The smallest absolute Gasteiger partial charge is 0.246 e. The summed E-state index contributed by atoms with van der Waals surface area (Å²) in [6.07, 6.45) is 0. The minimum Gasteiger partial charge on any atom is -0.362 e. The first-order valence-corrected chi connectivity index (χ1v) is 6.52.